The summed E-state index contributed by atoms with van der Waals surface area (Å²) in [5.41, 5.74) is 3.26. The van der Waals surface area contributed by atoms with E-state index in [-0.39, 0.29) is 12.5 Å². The summed E-state index contributed by atoms with van der Waals surface area (Å²) < 4.78 is 11.0. The summed E-state index contributed by atoms with van der Waals surface area (Å²) in [6.45, 7) is 5.77. The highest BCUT2D eigenvalue weighted by molar-refractivity contribution is 5.99. The molecule has 172 valence electrons. The van der Waals surface area contributed by atoms with Crippen LogP contribution in [0.4, 0.5) is 5.69 Å². The number of hydrogen-bond donors (Lipinski definition) is 1. The topological polar surface area (TPSA) is 77.8 Å². The van der Waals surface area contributed by atoms with Crippen LogP contribution in [0.15, 0.2) is 48.0 Å². The van der Waals surface area contributed by atoms with Crippen molar-refractivity contribution in [2.75, 3.05) is 57.9 Å². The fourth-order valence-electron chi connectivity index (χ4n) is 4.25. The Labute approximate surface area is 195 Å². The standard InChI is InChI=1S/C26H30N4O3/c1-32-23-8-9-25-21(17-23)16-22(19-33-25)26(31)28-10-4-5-11-29-12-14-30(15-13-29)24-7-3-2-6-20(24)18-27/h2-3,6-9,16-17H,4-5,10-15,19H2,1H3,(H,28,31). The van der Waals surface area contributed by atoms with Gasteiger partial charge in [-0.3, -0.25) is 9.69 Å². The van der Waals surface area contributed by atoms with Crippen LogP contribution in [-0.4, -0.2) is 63.8 Å². The first-order valence-electron chi connectivity index (χ1n) is 11.4. The maximum atomic E-state index is 12.5. The van der Waals surface area contributed by atoms with Crippen molar-refractivity contribution in [3.05, 3.63) is 59.2 Å². The van der Waals surface area contributed by atoms with E-state index in [2.05, 4.69) is 21.2 Å². The number of unbranched alkanes of at least 4 members (excludes halogenated alkanes) is 1. The van der Waals surface area contributed by atoms with Gasteiger partial charge in [0.25, 0.3) is 5.91 Å². The molecule has 7 nitrogen and oxygen atoms in total. The predicted molar refractivity (Wildman–Crippen MR) is 129 cm³/mol. The molecular formula is C26H30N4O3. The quantitative estimate of drug-likeness (QED) is 0.628. The Hall–Kier alpha value is -3.50. The van der Waals surface area contributed by atoms with Gasteiger partial charge >= 0.3 is 0 Å². The van der Waals surface area contributed by atoms with Crippen LogP contribution in [0.1, 0.15) is 24.0 Å². The Morgan fingerprint density at radius 3 is 2.76 bits per heavy atom. The van der Waals surface area contributed by atoms with Crippen molar-refractivity contribution in [2.24, 2.45) is 0 Å². The van der Waals surface area contributed by atoms with Crippen LogP contribution in [0.25, 0.3) is 6.08 Å². The van der Waals surface area contributed by atoms with Crippen molar-refractivity contribution in [2.45, 2.75) is 12.8 Å². The number of anilines is 1. The second-order valence-electron chi connectivity index (χ2n) is 8.28. The van der Waals surface area contributed by atoms with Gasteiger partial charge in [0, 0.05) is 38.3 Å². The molecule has 1 amide bonds. The van der Waals surface area contributed by atoms with Gasteiger partial charge in [0.1, 0.15) is 24.2 Å². The highest BCUT2D eigenvalue weighted by Gasteiger charge is 2.19. The third kappa shape index (κ3) is 5.65. The Morgan fingerprint density at radius 1 is 1.15 bits per heavy atom. The van der Waals surface area contributed by atoms with Crippen LogP contribution >= 0.6 is 0 Å². The van der Waals surface area contributed by atoms with Gasteiger partial charge in [-0.2, -0.15) is 5.26 Å². The van der Waals surface area contributed by atoms with E-state index in [1.165, 1.54) is 0 Å². The molecule has 0 bridgehead atoms. The highest BCUT2D eigenvalue weighted by Crippen LogP contribution is 2.30. The summed E-state index contributed by atoms with van der Waals surface area (Å²) in [6.07, 6.45) is 3.84. The van der Waals surface area contributed by atoms with Crippen LogP contribution in [-0.2, 0) is 4.79 Å². The van der Waals surface area contributed by atoms with Crippen molar-refractivity contribution >= 4 is 17.7 Å². The fourth-order valence-corrected chi connectivity index (χ4v) is 4.25. The van der Waals surface area contributed by atoms with Gasteiger partial charge in [0.05, 0.1) is 23.9 Å². The predicted octanol–water partition coefficient (Wildman–Crippen LogP) is 3.06. The third-order valence-electron chi connectivity index (χ3n) is 6.15. The van der Waals surface area contributed by atoms with Crippen molar-refractivity contribution < 1.29 is 14.3 Å². The van der Waals surface area contributed by atoms with Crippen LogP contribution < -0.4 is 19.7 Å². The number of carbonyl (C=O) groups is 1. The van der Waals surface area contributed by atoms with Crippen molar-refractivity contribution in [1.82, 2.24) is 10.2 Å². The lowest BCUT2D eigenvalue weighted by Crippen LogP contribution is -2.47. The zero-order valence-corrected chi connectivity index (χ0v) is 19.0. The van der Waals surface area contributed by atoms with Crippen molar-refractivity contribution in [1.29, 1.82) is 5.26 Å². The summed E-state index contributed by atoms with van der Waals surface area (Å²) in [4.78, 5) is 17.3. The molecule has 2 aliphatic heterocycles. The number of fused-ring (bicyclic) bond motifs is 1. The van der Waals surface area contributed by atoms with Crippen LogP contribution in [0.3, 0.4) is 0 Å². The van der Waals surface area contributed by atoms with E-state index in [0.717, 1.165) is 73.9 Å². The Kier molecular flexibility index (Phi) is 7.48. The van der Waals surface area contributed by atoms with E-state index < -0.39 is 0 Å². The first kappa shape index (κ1) is 22.7. The fraction of sp³-hybridized carbons (Fsp3) is 0.385. The molecule has 0 atom stereocenters. The monoisotopic (exact) mass is 446 g/mol. The summed E-state index contributed by atoms with van der Waals surface area (Å²) in [7, 11) is 1.62. The van der Waals surface area contributed by atoms with Gasteiger partial charge in [-0.1, -0.05) is 12.1 Å². The molecule has 2 aromatic rings. The largest absolute Gasteiger partial charge is 0.497 e. The van der Waals surface area contributed by atoms with E-state index in [1.54, 1.807) is 7.11 Å². The number of amides is 1. The number of para-hydroxylation sites is 1. The zero-order chi connectivity index (χ0) is 23.0. The molecule has 0 radical (unpaired) electrons. The maximum Gasteiger partial charge on any atom is 0.250 e. The van der Waals surface area contributed by atoms with Gasteiger partial charge in [0.15, 0.2) is 0 Å². The SMILES string of the molecule is COc1ccc2c(c1)C=C(C(=O)NCCCCN1CCN(c3ccccc3C#N)CC1)CO2. The molecule has 4 rings (SSSR count). The van der Waals surface area contributed by atoms with Crippen LogP contribution in [0, 0.1) is 11.3 Å². The molecule has 0 aromatic heterocycles. The van der Waals surface area contributed by atoms with Gasteiger partial charge in [-0.15, -0.1) is 0 Å². The lowest BCUT2D eigenvalue weighted by atomic mass is 10.1. The van der Waals surface area contributed by atoms with E-state index >= 15 is 0 Å². The molecule has 33 heavy (non-hydrogen) atoms. The first-order valence-corrected chi connectivity index (χ1v) is 11.4. The number of rotatable bonds is 8. The molecular weight excluding hydrogens is 416 g/mol. The smallest absolute Gasteiger partial charge is 0.250 e. The number of piperazine rings is 1. The Bertz CT molecular complexity index is 1050. The molecule has 0 spiro atoms. The Balaban J connectivity index is 1.16. The number of nitrogens with zero attached hydrogens (tertiary/aromatic N) is 3. The number of nitrogens with one attached hydrogen (secondary N) is 1. The lowest BCUT2D eigenvalue weighted by molar-refractivity contribution is -0.117. The number of benzene rings is 2. The van der Waals surface area contributed by atoms with E-state index in [1.807, 2.05) is 48.5 Å². The zero-order valence-electron chi connectivity index (χ0n) is 19.0. The third-order valence-corrected chi connectivity index (χ3v) is 6.15. The number of carbonyl (C=O) groups excluding carboxylic acids is 1. The molecule has 2 aliphatic rings. The van der Waals surface area contributed by atoms with Gasteiger partial charge < -0.3 is 19.7 Å². The molecule has 0 aliphatic carbocycles. The number of ether oxygens (including phenoxy) is 2. The number of methoxy groups -OCH3 is 1. The Morgan fingerprint density at radius 2 is 1.97 bits per heavy atom. The maximum absolute atomic E-state index is 12.5. The highest BCUT2D eigenvalue weighted by atomic mass is 16.5. The van der Waals surface area contributed by atoms with Crippen LogP contribution in [0.2, 0.25) is 0 Å². The molecule has 1 fully saturated rings. The van der Waals surface area contributed by atoms with Gasteiger partial charge in [-0.25, -0.2) is 0 Å². The van der Waals surface area contributed by atoms with Crippen LogP contribution in [0.5, 0.6) is 11.5 Å². The second-order valence-corrected chi connectivity index (χ2v) is 8.28. The average molecular weight is 447 g/mol. The second kappa shape index (κ2) is 10.9. The minimum atomic E-state index is -0.0757. The summed E-state index contributed by atoms with van der Waals surface area (Å²) in [6, 6.07) is 15.7. The van der Waals surface area contributed by atoms with E-state index in [0.29, 0.717) is 12.1 Å². The van der Waals surface area contributed by atoms with E-state index in [9.17, 15) is 10.1 Å². The lowest BCUT2D eigenvalue weighted by Gasteiger charge is -2.36. The van der Waals surface area contributed by atoms with Crippen molar-refractivity contribution in [3.8, 4) is 17.6 Å². The summed E-state index contributed by atoms with van der Waals surface area (Å²) >= 11 is 0. The normalized spacial score (nSPS) is 15.6. The minimum absolute atomic E-state index is 0.0757. The number of hydrogen-bond acceptors (Lipinski definition) is 6. The molecule has 1 saturated heterocycles. The first-order chi connectivity index (χ1) is 16.2. The van der Waals surface area contributed by atoms with Crippen molar-refractivity contribution in [3.63, 3.8) is 0 Å². The molecule has 2 aromatic carbocycles. The molecule has 7 heteroatoms. The molecule has 0 saturated carbocycles. The molecule has 2 heterocycles. The molecule has 1 N–H and O–H groups in total. The minimum Gasteiger partial charge on any atom is -0.497 e. The van der Waals surface area contributed by atoms with Gasteiger partial charge in [0.2, 0.25) is 0 Å². The number of nitriles is 1. The average Bonchev–Trinajstić information content (AvgIpc) is 2.88. The van der Waals surface area contributed by atoms with Gasteiger partial charge in [-0.05, 0) is 55.8 Å². The van der Waals surface area contributed by atoms with E-state index in [4.69, 9.17) is 9.47 Å². The summed E-state index contributed by atoms with van der Waals surface area (Å²) in [5.74, 6) is 1.43. The molecule has 0 unspecified atom stereocenters. The summed E-state index contributed by atoms with van der Waals surface area (Å²) in [5, 5.41) is 12.3.